The van der Waals surface area contributed by atoms with E-state index in [1.165, 1.54) is 10.5 Å². The van der Waals surface area contributed by atoms with E-state index in [0.29, 0.717) is 6.79 Å². The minimum absolute atomic E-state index is 0.118. The maximum Gasteiger partial charge on any atom is 0.254 e. The molecule has 3 heterocycles. The molecule has 2 aliphatic heterocycles. The molecule has 3 aromatic rings. The summed E-state index contributed by atoms with van der Waals surface area (Å²) in [5.74, 6) is 1.77. The van der Waals surface area contributed by atoms with E-state index in [2.05, 4.69) is 17.1 Å². The van der Waals surface area contributed by atoms with Crippen molar-refractivity contribution in [3.05, 3.63) is 53.0 Å². The van der Waals surface area contributed by atoms with Gasteiger partial charge in [-0.25, -0.2) is 4.98 Å². The van der Waals surface area contributed by atoms with Gasteiger partial charge in [-0.1, -0.05) is 0 Å². The van der Waals surface area contributed by atoms with Gasteiger partial charge in [-0.2, -0.15) is 0 Å². The Hall–Kier alpha value is -2.64. The molecule has 2 aromatic carbocycles. The van der Waals surface area contributed by atoms with Crippen LogP contribution in [-0.4, -0.2) is 48.8 Å². The van der Waals surface area contributed by atoms with Crippen LogP contribution < -0.4 is 14.4 Å². The van der Waals surface area contributed by atoms with Gasteiger partial charge < -0.3 is 19.3 Å². The van der Waals surface area contributed by atoms with E-state index >= 15 is 0 Å². The first-order valence-corrected chi connectivity index (χ1v) is 9.99. The summed E-state index contributed by atoms with van der Waals surface area (Å²) in [6, 6.07) is 11.9. The molecule has 0 atom stereocenters. The highest BCUT2D eigenvalue weighted by Crippen LogP contribution is 2.32. The maximum atomic E-state index is 12.8. The van der Waals surface area contributed by atoms with Gasteiger partial charge in [0, 0.05) is 11.1 Å². The fraction of sp³-hybridized carbons (Fsp3) is 0.300. The summed E-state index contributed by atoms with van der Waals surface area (Å²) in [6.45, 7) is 4.69. The van der Waals surface area contributed by atoms with Gasteiger partial charge in [0.15, 0.2) is 11.5 Å². The van der Waals surface area contributed by atoms with Crippen LogP contribution in [0.15, 0.2) is 41.9 Å². The smallest absolute Gasteiger partial charge is 0.254 e. The molecule has 7 heteroatoms. The number of benzene rings is 2. The third-order valence-electron chi connectivity index (χ3n) is 5.23. The second-order valence-corrected chi connectivity index (χ2v) is 7.83. The molecule has 0 radical (unpaired) electrons. The van der Waals surface area contributed by atoms with E-state index in [1.807, 2.05) is 34.7 Å². The monoisotopic (exact) mass is 382 g/mol. The largest absolute Gasteiger partial charge is 0.454 e. The fourth-order valence-corrected chi connectivity index (χ4v) is 4.43. The van der Waals surface area contributed by atoms with Gasteiger partial charge in [0.05, 0.1) is 41.9 Å². The van der Waals surface area contributed by atoms with Gasteiger partial charge in [-0.05, 0) is 36.4 Å². The molecule has 1 fully saturated rings. The Kier molecular flexibility index (Phi) is 4.18. The number of thiazole rings is 1. The lowest BCUT2D eigenvalue weighted by Crippen LogP contribution is -3.13. The van der Waals surface area contributed by atoms with Gasteiger partial charge in [0.1, 0.15) is 6.54 Å². The molecule has 27 heavy (non-hydrogen) atoms. The zero-order chi connectivity index (χ0) is 18.2. The normalized spacial score (nSPS) is 16.8. The predicted octanol–water partition coefficient (Wildman–Crippen LogP) is 1.57. The van der Waals surface area contributed by atoms with Crippen molar-refractivity contribution >= 4 is 27.5 Å². The first kappa shape index (κ1) is 16.5. The van der Waals surface area contributed by atoms with Gasteiger partial charge in [-0.15, -0.1) is 11.3 Å². The van der Waals surface area contributed by atoms with Crippen LogP contribution in [0.1, 0.15) is 15.9 Å². The molecule has 2 aliphatic rings. The highest BCUT2D eigenvalue weighted by atomic mass is 32.1. The Bertz CT molecular complexity index is 995. The molecule has 1 saturated heterocycles. The number of quaternary nitrogens is 1. The molecule has 1 aromatic heterocycles. The zero-order valence-corrected chi connectivity index (χ0v) is 15.6. The average Bonchev–Trinajstić information content (AvgIpc) is 3.36. The number of fused-ring (bicyclic) bond motifs is 2. The number of ether oxygens (including phenoxy) is 2. The van der Waals surface area contributed by atoms with Gasteiger partial charge in [0.2, 0.25) is 6.79 Å². The molecule has 0 spiro atoms. The molecule has 6 nitrogen and oxygen atoms in total. The molecule has 0 saturated carbocycles. The second kappa shape index (κ2) is 6.83. The number of aromatic nitrogens is 1. The second-order valence-electron chi connectivity index (χ2n) is 6.94. The van der Waals surface area contributed by atoms with Crippen molar-refractivity contribution in [2.24, 2.45) is 0 Å². The van der Waals surface area contributed by atoms with Gasteiger partial charge >= 0.3 is 0 Å². The summed E-state index contributed by atoms with van der Waals surface area (Å²) >= 11 is 1.57. The number of hydrogen-bond donors (Lipinski definition) is 1. The standard InChI is InChI=1S/C20H19N3O3S/c24-20(15-2-3-16-19(10-15)27-12-21-16)23-7-5-22(6-8-23)11-14-1-4-17-18(9-14)26-13-25-17/h1-4,9-10,12H,5-8,11,13H2/p+1. The van der Waals surface area contributed by atoms with Crippen LogP contribution in [0.2, 0.25) is 0 Å². The van der Waals surface area contributed by atoms with E-state index in [-0.39, 0.29) is 5.91 Å². The SMILES string of the molecule is O=C(c1ccc2ncsc2c1)N1CC[NH+](Cc2ccc3c(c2)OCO3)CC1. The Morgan fingerprint density at radius 3 is 2.85 bits per heavy atom. The van der Waals surface area contributed by atoms with Crippen LogP contribution in [-0.2, 0) is 6.54 Å². The summed E-state index contributed by atoms with van der Waals surface area (Å²) in [7, 11) is 0. The van der Waals surface area contributed by atoms with E-state index in [1.54, 1.807) is 11.3 Å². The summed E-state index contributed by atoms with van der Waals surface area (Å²) in [4.78, 5) is 20.6. The van der Waals surface area contributed by atoms with Crippen molar-refractivity contribution in [2.45, 2.75) is 6.54 Å². The number of hydrogen-bond acceptors (Lipinski definition) is 5. The molecule has 0 bridgehead atoms. The summed E-state index contributed by atoms with van der Waals surface area (Å²) in [5.41, 5.74) is 4.77. The third kappa shape index (κ3) is 3.24. The van der Waals surface area contributed by atoms with Crippen molar-refractivity contribution in [3.8, 4) is 11.5 Å². The molecular formula is C20H20N3O3S+. The van der Waals surface area contributed by atoms with Crippen LogP contribution >= 0.6 is 11.3 Å². The Balaban J connectivity index is 1.21. The zero-order valence-electron chi connectivity index (χ0n) is 14.8. The minimum atomic E-state index is 0.118. The number of rotatable bonds is 3. The van der Waals surface area contributed by atoms with E-state index in [9.17, 15) is 4.79 Å². The average molecular weight is 382 g/mol. The van der Waals surface area contributed by atoms with Crippen LogP contribution in [0.3, 0.4) is 0 Å². The van der Waals surface area contributed by atoms with Crippen LogP contribution in [0.4, 0.5) is 0 Å². The van der Waals surface area contributed by atoms with Crippen molar-refractivity contribution < 1.29 is 19.2 Å². The molecule has 1 N–H and O–H groups in total. The maximum absolute atomic E-state index is 12.8. The third-order valence-corrected chi connectivity index (χ3v) is 6.02. The summed E-state index contributed by atoms with van der Waals surface area (Å²) in [6.07, 6.45) is 0. The van der Waals surface area contributed by atoms with E-state index in [4.69, 9.17) is 9.47 Å². The van der Waals surface area contributed by atoms with Crippen molar-refractivity contribution in [3.63, 3.8) is 0 Å². The summed E-state index contributed by atoms with van der Waals surface area (Å²) in [5, 5.41) is 0. The summed E-state index contributed by atoms with van der Waals surface area (Å²) < 4.78 is 11.9. The fourth-order valence-electron chi connectivity index (χ4n) is 3.71. The quantitative estimate of drug-likeness (QED) is 0.747. The number of piperazine rings is 1. The molecule has 5 rings (SSSR count). The number of carbonyl (C=O) groups is 1. The Morgan fingerprint density at radius 1 is 1.11 bits per heavy atom. The van der Waals surface area contributed by atoms with E-state index < -0.39 is 0 Å². The van der Waals surface area contributed by atoms with Crippen molar-refractivity contribution in [1.29, 1.82) is 0 Å². The number of carbonyl (C=O) groups excluding carboxylic acids is 1. The molecule has 0 unspecified atom stereocenters. The van der Waals surface area contributed by atoms with Gasteiger partial charge in [-0.3, -0.25) is 4.79 Å². The van der Waals surface area contributed by atoms with Crippen LogP contribution in [0.5, 0.6) is 11.5 Å². The number of nitrogens with one attached hydrogen (secondary N) is 1. The topological polar surface area (TPSA) is 56.1 Å². The Labute approximate surface area is 160 Å². The van der Waals surface area contributed by atoms with Gasteiger partial charge in [0.25, 0.3) is 5.91 Å². The molecule has 138 valence electrons. The lowest BCUT2D eigenvalue weighted by molar-refractivity contribution is -0.917. The minimum Gasteiger partial charge on any atom is -0.454 e. The highest BCUT2D eigenvalue weighted by Gasteiger charge is 2.25. The number of nitrogens with zero attached hydrogens (tertiary/aromatic N) is 2. The van der Waals surface area contributed by atoms with Crippen LogP contribution in [0, 0.1) is 0 Å². The Morgan fingerprint density at radius 2 is 1.96 bits per heavy atom. The first-order valence-electron chi connectivity index (χ1n) is 9.11. The lowest BCUT2D eigenvalue weighted by Gasteiger charge is -2.32. The molecular weight excluding hydrogens is 362 g/mol. The van der Waals surface area contributed by atoms with Crippen LogP contribution in [0.25, 0.3) is 10.2 Å². The van der Waals surface area contributed by atoms with Crippen molar-refractivity contribution in [1.82, 2.24) is 9.88 Å². The first-order chi connectivity index (χ1) is 13.3. The van der Waals surface area contributed by atoms with E-state index in [0.717, 1.165) is 60.0 Å². The number of amides is 1. The highest BCUT2D eigenvalue weighted by molar-refractivity contribution is 7.16. The van der Waals surface area contributed by atoms with Crippen molar-refractivity contribution in [2.75, 3.05) is 33.0 Å². The molecule has 1 amide bonds. The lowest BCUT2D eigenvalue weighted by atomic mass is 10.1. The molecule has 0 aliphatic carbocycles. The predicted molar refractivity (Wildman–Crippen MR) is 102 cm³/mol.